The van der Waals surface area contributed by atoms with Gasteiger partial charge in [0, 0.05) is 23.0 Å². The maximum atomic E-state index is 13.5. The van der Waals surface area contributed by atoms with Gasteiger partial charge in [0.25, 0.3) is 0 Å². The Morgan fingerprint density at radius 3 is 2.24 bits per heavy atom. The first-order valence-corrected chi connectivity index (χ1v) is 9.47. The van der Waals surface area contributed by atoms with Crippen molar-refractivity contribution in [2.75, 3.05) is 0 Å². The highest BCUT2D eigenvalue weighted by Crippen LogP contribution is 2.35. The molecule has 3 heterocycles. The van der Waals surface area contributed by atoms with E-state index in [0.29, 0.717) is 0 Å². The molecule has 4 heteroatoms. The molecule has 0 amide bonds. The molecular formula is C25H18FN3. The second-order valence-electron chi connectivity index (χ2n) is 7.01. The Morgan fingerprint density at radius 1 is 0.724 bits per heavy atom. The third-order valence-electron chi connectivity index (χ3n) is 5.00. The van der Waals surface area contributed by atoms with Gasteiger partial charge < -0.3 is 0 Å². The highest BCUT2D eigenvalue weighted by molar-refractivity contribution is 5.91. The van der Waals surface area contributed by atoms with Gasteiger partial charge in [0.2, 0.25) is 0 Å². The molecule has 2 aromatic carbocycles. The minimum absolute atomic E-state index is 0.258. The van der Waals surface area contributed by atoms with Crippen LogP contribution in [0.5, 0.6) is 0 Å². The zero-order chi connectivity index (χ0) is 19.8. The smallest absolute Gasteiger partial charge is 0.123 e. The van der Waals surface area contributed by atoms with Crippen LogP contribution in [0.25, 0.3) is 39.2 Å². The van der Waals surface area contributed by atoms with Crippen LogP contribution in [-0.2, 0) is 0 Å². The molecule has 0 bridgehead atoms. The van der Waals surface area contributed by atoms with Gasteiger partial charge in [0.15, 0.2) is 0 Å². The summed E-state index contributed by atoms with van der Waals surface area (Å²) in [6.45, 7) is 1.96. The maximum Gasteiger partial charge on any atom is 0.123 e. The molecule has 3 nitrogen and oxygen atoms in total. The average molecular weight is 379 g/mol. The molecule has 5 aromatic rings. The number of benzene rings is 2. The normalized spacial score (nSPS) is 11.1. The van der Waals surface area contributed by atoms with Gasteiger partial charge in [-0.15, -0.1) is 0 Å². The van der Waals surface area contributed by atoms with Crippen molar-refractivity contribution in [3.8, 4) is 33.6 Å². The molecule has 0 aliphatic rings. The number of pyridine rings is 2. The molecule has 5 rings (SSSR count). The van der Waals surface area contributed by atoms with Crippen LogP contribution in [0.15, 0.2) is 91.1 Å². The van der Waals surface area contributed by atoms with E-state index in [0.717, 1.165) is 44.9 Å². The number of nitrogens with zero attached hydrogens (tertiary/aromatic N) is 3. The first-order valence-electron chi connectivity index (χ1n) is 9.47. The minimum Gasteiger partial charge on any atom is -0.251 e. The second-order valence-corrected chi connectivity index (χ2v) is 7.01. The Bertz CT molecular complexity index is 1310. The van der Waals surface area contributed by atoms with E-state index in [1.54, 1.807) is 12.1 Å². The Kier molecular flexibility index (Phi) is 4.17. The summed E-state index contributed by atoms with van der Waals surface area (Å²) in [4.78, 5) is 4.67. The van der Waals surface area contributed by atoms with Crippen LogP contribution in [0.2, 0.25) is 0 Å². The van der Waals surface area contributed by atoms with Gasteiger partial charge in [-0.2, -0.15) is 5.10 Å². The van der Waals surface area contributed by atoms with Gasteiger partial charge in [0.1, 0.15) is 11.5 Å². The maximum absolute atomic E-state index is 13.5. The van der Waals surface area contributed by atoms with Crippen molar-refractivity contribution in [1.29, 1.82) is 0 Å². The Morgan fingerprint density at radius 2 is 1.48 bits per heavy atom. The molecule has 0 aliphatic carbocycles. The minimum atomic E-state index is -0.258. The second kappa shape index (κ2) is 6.99. The van der Waals surface area contributed by atoms with E-state index in [1.807, 2.05) is 54.0 Å². The van der Waals surface area contributed by atoms with Gasteiger partial charge >= 0.3 is 0 Å². The first-order chi connectivity index (χ1) is 14.2. The molecule has 0 N–H and O–H groups in total. The molecular weight excluding hydrogens is 361 g/mol. The predicted molar refractivity (Wildman–Crippen MR) is 114 cm³/mol. The molecule has 0 aliphatic heterocycles. The Labute approximate surface area is 168 Å². The lowest BCUT2D eigenvalue weighted by Gasteiger charge is -2.05. The number of aromatic nitrogens is 3. The number of fused-ring (bicyclic) bond motifs is 1. The van der Waals surface area contributed by atoms with Crippen molar-refractivity contribution in [2.24, 2.45) is 0 Å². The van der Waals surface area contributed by atoms with Gasteiger partial charge in [-0.1, -0.05) is 54.6 Å². The fraction of sp³-hybridized carbons (Fsp3) is 0.0400. The fourth-order valence-corrected chi connectivity index (χ4v) is 3.61. The zero-order valence-corrected chi connectivity index (χ0v) is 15.9. The summed E-state index contributed by atoms with van der Waals surface area (Å²) in [5.74, 6) is -0.258. The van der Waals surface area contributed by atoms with E-state index < -0.39 is 0 Å². The van der Waals surface area contributed by atoms with Gasteiger partial charge in [-0.25, -0.2) is 8.91 Å². The van der Waals surface area contributed by atoms with Crippen molar-refractivity contribution >= 4 is 5.52 Å². The Hall–Kier alpha value is -3.79. The van der Waals surface area contributed by atoms with Crippen molar-refractivity contribution < 1.29 is 4.39 Å². The van der Waals surface area contributed by atoms with Crippen LogP contribution >= 0.6 is 0 Å². The highest BCUT2D eigenvalue weighted by atomic mass is 19.1. The van der Waals surface area contributed by atoms with E-state index in [9.17, 15) is 4.39 Å². The monoisotopic (exact) mass is 379 g/mol. The molecule has 0 saturated carbocycles. The van der Waals surface area contributed by atoms with E-state index in [4.69, 9.17) is 5.10 Å². The van der Waals surface area contributed by atoms with E-state index in [2.05, 4.69) is 29.2 Å². The molecule has 29 heavy (non-hydrogen) atoms. The lowest BCUT2D eigenvalue weighted by Crippen LogP contribution is -1.90. The SMILES string of the molecule is Cc1cccc(-c2nn3cc(-c4ccccc4)ccc3c2-c2ccc(F)cc2)n1. The largest absolute Gasteiger partial charge is 0.251 e. The van der Waals surface area contributed by atoms with E-state index in [1.165, 1.54) is 12.1 Å². The molecule has 0 atom stereocenters. The Balaban J connectivity index is 1.77. The van der Waals surface area contributed by atoms with Crippen molar-refractivity contribution in [3.05, 3.63) is 103 Å². The summed E-state index contributed by atoms with van der Waals surface area (Å²) in [6.07, 6.45) is 2.02. The van der Waals surface area contributed by atoms with Crippen molar-refractivity contribution in [1.82, 2.24) is 14.6 Å². The van der Waals surface area contributed by atoms with Crippen molar-refractivity contribution in [2.45, 2.75) is 6.92 Å². The van der Waals surface area contributed by atoms with Crippen molar-refractivity contribution in [3.63, 3.8) is 0 Å². The predicted octanol–water partition coefficient (Wildman–Crippen LogP) is 6.18. The van der Waals surface area contributed by atoms with Gasteiger partial charge in [-0.3, -0.25) is 4.98 Å². The van der Waals surface area contributed by atoms with Crippen LogP contribution < -0.4 is 0 Å². The number of halogens is 1. The first kappa shape index (κ1) is 17.3. The topological polar surface area (TPSA) is 30.2 Å². The lowest BCUT2D eigenvalue weighted by atomic mass is 10.0. The third-order valence-corrected chi connectivity index (χ3v) is 5.00. The quantitative estimate of drug-likeness (QED) is 0.375. The third kappa shape index (κ3) is 3.19. The molecule has 0 radical (unpaired) electrons. The number of aryl methyl sites for hydroxylation is 1. The van der Waals surface area contributed by atoms with Crippen LogP contribution in [0.4, 0.5) is 4.39 Å². The summed E-state index contributed by atoms with van der Waals surface area (Å²) < 4.78 is 15.4. The zero-order valence-electron chi connectivity index (χ0n) is 15.9. The summed E-state index contributed by atoms with van der Waals surface area (Å²) >= 11 is 0. The molecule has 0 unspecified atom stereocenters. The standard InChI is InChI=1S/C25H18FN3/c1-17-6-5-9-22(27-17)25-24(19-10-13-21(26)14-11-19)23-15-12-20(16-29(23)28-25)18-7-3-2-4-8-18/h2-16H,1H3. The van der Waals surface area contributed by atoms with Gasteiger partial charge in [-0.05, 0) is 48.4 Å². The van der Waals surface area contributed by atoms with Crippen LogP contribution in [0.1, 0.15) is 5.69 Å². The summed E-state index contributed by atoms with van der Waals surface area (Å²) in [5, 5.41) is 4.87. The molecule has 0 saturated heterocycles. The highest BCUT2D eigenvalue weighted by Gasteiger charge is 2.18. The van der Waals surface area contributed by atoms with E-state index in [-0.39, 0.29) is 5.82 Å². The summed E-state index contributed by atoms with van der Waals surface area (Å²) in [5.41, 5.74) is 7.53. The number of rotatable bonds is 3. The average Bonchev–Trinajstić information content (AvgIpc) is 3.14. The number of hydrogen-bond donors (Lipinski definition) is 0. The molecule has 0 fully saturated rings. The molecule has 3 aromatic heterocycles. The van der Waals surface area contributed by atoms with Crippen LogP contribution in [-0.4, -0.2) is 14.6 Å². The number of hydrogen-bond acceptors (Lipinski definition) is 2. The molecule has 0 spiro atoms. The molecule has 140 valence electrons. The summed E-state index contributed by atoms with van der Waals surface area (Å²) in [6, 6.07) is 26.8. The van der Waals surface area contributed by atoms with Crippen LogP contribution in [0, 0.1) is 12.7 Å². The van der Waals surface area contributed by atoms with Gasteiger partial charge in [0.05, 0.1) is 11.2 Å². The summed E-state index contributed by atoms with van der Waals surface area (Å²) in [7, 11) is 0. The van der Waals surface area contributed by atoms with Crippen LogP contribution in [0.3, 0.4) is 0 Å². The lowest BCUT2D eigenvalue weighted by molar-refractivity contribution is 0.628. The van der Waals surface area contributed by atoms with E-state index >= 15 is 0 Å². The fourth-order valence-electron chi connectivity index (χ4n) is 3.61.